The second kappa shape index (κ2) is 8.46. The molecule has 1 aliphatic carbocycles. The predicted octanol–water partition coefficient (Wildman–Crippen LogP) is 3.01. The number of rotatable bonds is 9. The molecule has 17 heavy (non-hydrogen) atoms. The van der Waals surface area contributed by atoms with Gasteiger partial charge >= 0.3 is 0 Å². The minimum absolute atomic E-state index is 0.193. The van der Waals surface area contributed by atoms with Crippen LogP contribution >= 0.6 is 15.9 Å². The van der Waals surface area contributed by atoms with Crippen molar-refractivity contribution in [2.45, 2.75) is 50.1 Å². The molecule has 0 aromatic rings. The topological polar surface area (TPSA) is 27.7 Å². The van der Waals surface area contributed by atoms with Crippen LogP contribution in [0.15, 0.2) is 0 Å². The summed E-state index contributed by atoms with van der Waals surface area (Å²) in [6.45, 7) is 6.60. The molecule has 102 valence electrons. The summed E-state index contributed by atoms with van der Waals surface area (Å²) in [5, 5.41) is 0. The Kier molecular flexibility index (Phi) is 7.67. The first kappa shape index (κ1) is 15.4. The van der Waals surface area contributed by atoms with Crippen LogP contribution in [0.2, 0.25) is 0 Å². The third-order valence-corrected chi connectivity index (χ3v) is 4.05. The molecule has 0 N–H and O–H groups in total. The van der Waals surface area contributed by atoms with E-state index in [4.69, 9.17) is 14.2 Å². The lowest BCUT2D eigenvalue weighted by atomic mass is 9.91. The van der Waals surface area contributed by atoms with Gasteiger partial charge in [-0.05, 0) is 18.8 Å². The maximum absolute atomic E-state index is 5.91. The Morgan fingerprint density at radius 3 is 2.65 bits per heavy atom. The molecule has 0 heterocycles. The van der Waals surface area contributed by atoms with Crippen molar-refractivity contribution in [3.8, 4) is 0 Å². The van der Waals surface area contributed by atoms with Gasteiger partial charge in [0.25, 0.3) is 0 Å². The summed E-state index contributed by atoms with van der Waals surface area (Å²) >= 11 is 3.61. The second-order valence-electron chi connectivity index (χ2n) is 4.85. The van der Waals surface area contributed by atoms with Crippen LogP contribution in [0.3, 0.4) is 0 Å². The van der Waals surface area contributed by atoms with Gasteiger partial charge < -0.3 is 14.2 Å². The normalized spacial score (nSPS) is 30.0. The van der Waals surface area contributed by atoms with Crippen LogP contribution in [0.4, 0.5) is 0 Å². The Labute approximate surface area is 113 Å². The number of hydrogen-bond acceptors (Lipinski definition) is 3. The van der Waals surface area contributed by atoms with Crippen molar-refractivity contribution in [2.24, 2.45) is 5.92 Å². The molecule has 0 aromatic carbocycles. The van der Waals surface area contributed by atoms with Crippen molar-refractivity contribution in [3.05, 3.63) is 0 Å². The van der Waals surface area contributed by atoms with Crippen molar-refractivity contribution in [1.82, 2.24) is 0 Å². The van der Waals surface area contributed by atoms with Crippen LogP contribution < -0.4 is 0 Å². The van der Waals surface area contributed by atoms with E-state index in [1.807, 2.05) is 0 Å². The number of alkyl halides is 1. The van der Waals surface area contributed by atoms with E-state index in [2.05, 4.69) is 29.8 Å². The fourth-order valence-corrected chi connectivity index (χ4v) is 2.89. The number of ether oxygens (including phenoxy) is 3. The summed E-state index contributed by atoms with van der Waals surface area (Å²) in [4.78, 5) is 0.436. The average Bonchev–Trinajstić information content (AvgIpc) is 2.30. The van der Waals surface area contributed by atoms with Crippen molar-refractivity contribution in [3.63, 3.8) is 0 Å². The van der Waals surface area contributed by atoms with Crippen LogP contribution in [0.25, 0.3) is 0 Å². The van der Waals surface area contributed by atoms with E-state index in [1.54, 1.807) is 7.11 Å². The minimum Gasteiger partial charge on any atom is -0.382 e. The van der Waals surface area contributed by atoms with E-state index >= 15 is 0 Å². The fourth-order valence-electron chi connectivity index (χ4n) is 2.03. The fraction of sp³-hybridized carbons (Fsp3) is 1.00. The first-order chi connectivity index (χ1) is 8.19. The van der Waals surface area contributed by atoms with Gasteiger partial charge in [-0.15, -0.1) is 0 Å². The molecule has 1 saturated carbocycles. The van der Waals surface area contributed by atoms with Crippen LogP contribution in [0, 0.1) is 5.92 Å². The lowest BCUT2D eigenvalue weighted by Gasteiger charge is -2.41. The summed E-state index contributed by atoms with van der Waals surface area (Å²) in [5.74, 6) is 0.647. The molecule has 0 saturated heterocycles. The predicted molar refractivity (Wildman–Crippen MR) is 72.8 cm³/mol. The lowest BCUT2D eigenvalue weighted by molar-refractivity contribution is -0.132. The monoisotopic (exact) mass is 308 g/mol. The van der Waals surface area contributed by atoms with Crippen molar-refractivity contribution < 1.29 is 14.2 Å². The molecular formula is C13H25BrO3. The highest BCUT2D eigenvalue weighted by molar-refractivity contribution is 9.09. The van der Waals surface area contributed by atoms with Crippen LogP contribution in [0.1, 0.15) is 33.1 Å². The summed E-state index contributed by atoms with van der Waals surface area (Å²) in [6, 6.07) is 0. The van der Waals surface area contributed by atoms with E-state index in [9.17, 15) is 0 Å². The highest BCUT2D eigenvalue weighted by Gasteiger charge is 2.41. The first-order valence-electron chi connectivity index (χ1n) is 6.55. The maximum Gasteiger partial charge on any atom is 0.0963 e. The molecule has 0 aliphatic heterocycles. The summed E-state index contributed by atoms with van der Waals surface area (Å²) in [7, 11) is 1.69. The molecule has 4 atom stereocenters. The van der Waals surface area contributed by atoms with Gasteiger partial charge in [0.2, 0.25) is 0 Å². The zero-order valence-electron chi connectivity index (χ0n) is 11.2. The van der Waals surface area contributed by atoms with Gasteiger partial charge in [-0.3, -0.25) is 0 Å². The summed E-state index contributed by atoms with van der Waals surface area (Å²) in [5.41, 5.74) is 0. The van der Waals surface area contributed by atoms with Gasteiger partial charge in [-0.25, -0.2) is 0 Å². The van der Waals surface area contributed by atoms with Crippen LogP contribution in [-0.2, 0) is 14.2 Å². The van der Waals surface area contributed by atoms with E-state index in [0.29, 0.717) is 24.0 Å². The lowest BCUT2D eigenvalue weighted by Crippen LogP contribution is -2.51. The van der Waals surface area contributed by atoms with Crippen molar-refractivity contribution in [1.29, 1.82) is 0 Å². The highest BCUT2D eigenvalue weighted by atomic mass is 79.9. The standard InChI is InChI=1S/C13H25BrO3/c1-4-5-10(2)9-17-12-8-11(14)13(12)16-7-6-15-3/h10-13H,4-9H2,1-3H3. The number of methoxy groups -OCH3 is 1. The number of hydrogen-bond donors (Lipinski definition) is 0. The Hall–Kier alpha value is 0.360. The average molecular weight is 309 g/mol. The molecule has 3 nitrogen and oxygen atoms in total. The summed E-state index contributed by atoms with van der Waals surface area (Å²) in [6.07, 6.45) is 3.97. The Balaban J connectivity index is 2.15. The van der Waals surface area contributed by atoms with Gasteiger partial charge in [0, 0.05) is 18.5 Å². The van der Waals surface area contributed by atoms with E-state index < -0.39 is 0 Å². The maximum atomic E-state index is 5.91. The van der Waals surface area contributed by atoms with Gasteiger partial charge in [0.15, 0.2) is 0 Å². The van der Waals surface area contributed by atoms with E-state index in [0.717, 1.165) is 13.0 Å². The molecule has 4 unspecified atom stereocenters. The highest BCUT2D eigenvalue weighted by Crippen LogP contribution is 2.33. The Morgan fingerprint density at radius 1 is 1.29 bits per heavy atom. The van der Waals surface area contributed by atoms with Gasteiger partial charge in [-0.2, -0.15) is 0 Å². The zero-order valence-corrected chi connectivity index (χ0v) is 12.7. The molecule has 0 amide bonds. The molecule has 1 rings (SSSR count). The minimum atomic E-state index is 0.193. The smallest absolute Gasteiger partial charge is 0.0963 e. The Morgan fingerprint density at radius 2 is 2.06 bits per heavy atom. The second-order valence-corrected chi connectivity index (χ2v) is 6.02. The van der Waals surface area contributed by atoms with Crippen molar-refractivity contribution >= 4 is 15.9 Å². The first-order valence-corrected chi connectivity index (χ1v) is 7.46. The van der Waals surface area contributed by atoms with E-state index in [-0.39, 0.29) is 12.2 Å². The third kappa shape index (κ3) is 5.25. The van der Waals surface area contributed by atoms with Gasteiger partial charge in [0.05, 0.1) is 25.4 Å². The number of halogens is 1. The van der Waals surface area contributed by atoms with Gasteiger partial charge in [0.1, 0.15) is 0 Å². The molecule has 0 aromatic heterocycles. The summed E-state index contributed by atoms with van der Waals surface area (Å²) < 4.78 is 16.6. The molecular weight excluding hydrogens is 284 g/mol. The quantitative estimate of drug-likeness (QED) is 0.484. The molecule has 1 fully saturated rings. The largest absolute Gasteiger partial charge is 0.382 e. The van der Waals surface area contributed by atoms with Gasteiger partial charge in [-0.1, -0.05) is 36.2 Å². The SMILES string of the molecule is CCCC(C)COC1CC(Br)C1OCCOC. The van der Waals surface area contributed by atoms with Crippen LogP contribution in [0.5, 0.6) is 0 Å². The zero-order chi connectivity index (χ0) is 12.7. The molecule has 0 spiro atoms. The Bertz CT molecular complexity index is 201. The third-order valence-electron chi connectivity index (χ3n) is 3.15. The van der Waals surface area contributed by atoms with Crippen molar-refractivity contribution in [2.75, 3.05) is 26.9 Å². The molecule has 0 radical (unpaired) electrons. The molecule has 4 heteroatoms. The molecule has 0 bridgehead atoms. The molecule has 1 aliphatic rings. The van der Waals surface area contributed by atoms with E-state index in [1.165, 1.54) is 12.8 Å². The van der Waals surface area contributed by atoms with Crippen LogP contribution in [-0.4, -0.2) is 44.0 Å².